The zero-order valence-corrected chi connectivity index (χ0v) is 16.0. The van der Waals surface area contributed by atoms with Crippen LogP contribution in [0.3, 0.4) is 0 Å². The van der Waals surface area contributed by atoms with Crippen LogP contribution in [-0.2, 0) is 4.79 Å². The highest BCUT2D eigenvalue weighted by Crippen LogP contribution is 2.20. The number of hydrogen-bond donors (Lipinski definition) is 2. The van der Waals surface area contributed by atoms with E-state index in [1.54, 1.807) is 31.2 Å². The Morgan fingerprint density at radius 3 is 2.42 bits per heavy atom. The van der Waals surface area contributed by atoms with Crippen molar-refractivity contribution in [3.8, 4) is 0 Å². The number of nitrogens with one attached hydrogen (secondary N) is 2. The van der Waals surface area contributed by atoms with Crippen LogP contribution < -0.4 is 10.6 Å². The Labute approximate surface area is 159 Å². The molecule has 138 valence electrons. The average Bonchev–Trinajstić information content (AvgIpc) is 2.63. The van der Waals surface area contributed by atoms with E-state index >= 15 is 0 Å². The van der Waals surface area contributed by atoms with Crippen molar-refractivity contribution in [1.29, 1.82) is 0 Å². The summed E-state index contributed by atoms with van der Waals surface area (Å²) in [6.07, 6.45) is 0.391. The minimum atomic E-state index is -0.182. The summed E-state index contributed by atoms with van der Waals surface area (Å²) in [6, 6.07) is 14.5. The number of benzene rings is 2. The zero-order chi connectivity index (χ0) is 19.1. The molecule has 0 aliphatic carbocycles. The quantitative estimate of drug-likeness (QED) is 0.777. The average molecular weight is 374 g/mol. The third-order valence-corrected chi connectivity index (χ3v) is 4.32. The lowest BCUT2D eigenvalue weighted by molar-refractivity contribution is -0.115. The van der Waals surface area contributed by atoms with Crippen LogP contribution in [0.15, 0.2) is 48.5 Å². The molecule has 0 bridgehead atoms. The molecule has 2 N–H and O–H groups in total. The molecule has 0 fully saturated rings. The molecule has 0 aliphatic rings. The molecule has 0 aliphatic heterocycles. The van der Waals surface area contributed by atoms with Crippen molar-refractivity contribution < 1.29 is 9.59 Å². The molecule has 0 saturated heterocycles. The summed E-state index contributed by atoms with van der Waals surface area (Å²) in [6.45, 7) is 2.24. The molecule has 2 aromatic rings. The highest BCUT2D eigenvalue weighted by molar-refractivity contribution is 6.30. The number of carbonyl (C=O) groups is 2. The van der Waals surface area contributed by atoms with Crippen molar-refractivity contribution in [2.45, 2.75) is 19.4 Å². The van der Waals surface area contributed by atoms with Crippen molar-refractivity contribution in [3.63, 3.8) is 0 Å². The molecule has 2 aromatic carbocycles. The first-order valence-electron chi connectivity index (χ1n) is 8.50. The van der Waals surface area contributed by atoms with E-state index in [9.17, 15) is 9.59 Å². The maximum Gasteiger partial charge on any atom is 0.251 e. The number of anilines is 1. The topological polar surface area (TPSA) is 61.4 Å². The van der Waals surface area contributed by atoms with Crippen molar-refractivity contribution >= 4 is 29.1 Å². The summed E-state index contributed by atoms with van der Waals surface area (Å²) in [5, 5.41) is 6.40. The summed E-state index contributed by atoms with van der Waals surface area (Å²) >= 11 is 5.95. The molecule has 0 heterocycles. The van der Waals surface area contributed by atoms with Crippen LogP contribution in [0.2, 0.25) is 5.02 Å². The van der Waals surface area contributed by atoms with Crippen molar-refractivity contribution in [1.82, 2.24) is 10.2 Å². The van der Waals surface area contributed by atoms with Gasteiger partial charge >= 0.3 is 0 Å². The summed E-state index contributed by atoms with van der Waals surface area (Å²) in [5.41, 5.74) is 2.20. The van der Waals surface area contributed by atoms with E-state index in [1.807, 2.05) is 43.3 Å². The lowest BCUT2D eigenvalue weighted by Gasteiger charge is -2.25. The SMILES string of the molecule is CCC(=O)Nc1cccc(C(=O)NC[C@@H](c2ccc(Cl)cc2)N(C)C)c1. The fourth-order valence-electron chi connectivity index (χ4n) is 2.56. The number of hydrogen-bond acceptors (Lipinski definition) is 3. The first-order chi connectivity index (χ1) is 12.4. The van der Waals surface area contributed by atoms with Gasteiger partial charge < -0.3 is 15.5 Å². The van der Waals surface area contributed by atoms with Gasteiger partial charge in [-0.25, -0.2) is 0 Å². The van der Waals surface area contributed by atoms with E-state index in [0.29, 0.717) is 29.2 Å². The van der Waals surface area contributed by atoms with E-state index in [4.69, 9.17) is 11.6 Å². The largest absolute Gasteiger partial charge is 0.350 e. The fraction of sp³-hybridized carbons (Fsp3) is 0.300. The van der Waals surface area contributed by atoms with Crippen LogP contribution in [0, 0.1) is 0 Å². The standard InChI is InChI=1S/C20H24ClN3O2/c1-4-19(25)23-17-7-5-6-15(12-17)20(26)22-13-18(24(2)3)14-8-10-16(21)11-9-14/h5-12,18H,4,13H2,1-3H3,(H,22,26)(H,23,25)/t18-/m0/s1. The summed E-state index contributed by atoms with van der Waals surface area (Å²) < 4.78 is 0. The van der Waals surface area contributed by atoms with Crippen LogP contribution >= 0.6 is 11.6 Å². The van der Waals surface area contributed by atoms with E-state index in [-0.39, 0.29) is 17.9 Å². The summed E-state index contributed by atoms with van der Waals surface area (Å²) in [7, 11) is 3.93. The van der Waals surface area contributed by atoms with Gasteiger partial charge in [0.15, 0.2) is 0 Å². The molecule has 0 aromatic heterocycles. The van der Waals surface area contributed by atoms with E-state index < -0.39 is 0 Å². The Hall–Kier alpha value is -2.37. The fourth-order valence-corrected chi connectivity index (χ4v) is 2.69. The molecular formula is C20H24ClN3O2. The van der Waals surface area contributed by atoms with Gasteiger partial charge in [0.05, 0.1) is 6.04 Å². The minimum Gasteiger partial charge on any atom is -0.350 e. The second-order valence-electron chi connectivity index (χ2n) is 6.22. The molecule has 2 rings (SSSR count). The number of halogens is 1. The van der Waals surface area contributed by atoms with Gasteiger partial charge in [-0.2, -0.15) is 0 Å². The summed E-state index contributed by atoms with van der Waals surface area (Å²) in [4.78, 5) is 26.1. The van der Waals surface area contributed by atoms with Gasteiger partial charge in [-0.15, -0.1) is 0 Å². The predicted molar refractivity (Wildman–Crippen MR) is 106 cm³/mol. The molecular weight excluding hydrogens is 350 g/mol. The predicted octanol–water partition coefficient (Wildman–Crippen LogP) is 3.72. The van der Waals surface area contributed by atoms with Crippen LogP contribution in [0.4, 0.5) is 5.69 Å². The molecule has 0 radical (unpaired) electrons. The molecule has 5 nitrogen and oxygen atoms in total. The lowest BCUT2D eigenvalue weighted by atomic mass is 10.1. The second kappa shape index (κ2) is 9.36. The van der Waals surface area contributed by atoms with E-state index in [2.05, 4.69) is 10.6 Å². The molecule has 0 spiro atoms. The number of rotatable bonds is 7. The van der Waals surface area contributed by atoms with Crippen molar-refractivity contribution in [3.05, 3.63) is 64.7 Å². The number of likely N-dealkylation sites (N-methyl/N-ethyl adjacent to an activating group) is 1. The Kier molecular flexibility index (Phi) is 7.18. The third-order valence-electron chi connectivity index (χ3n) is 4.06. The maximum absolute atomic E-state index is 12.5. The number of carbonyl (C=O) groups excluding carboxylic acids is 2. The van der Waals surface area contributed by atoms with E-state index in [1.165, 1.54) is 0 Å². The lowest BCUT2D eigenvalue weighted by Crippen LogP contribution is -2.34. The Balaban J connectivity index is 2.05. The number of nitrogens with zero attached hydrogens (tertiary/aromatic N) is 1. The maximum atomic E-state index is 12.5. The van der Waals surface area contributed by atoms with Crippen molar-refractivity contribution in [2.24, 2.45) is 0 Å². The Bertz CT molecular complexity index is 760. The van der Waals surface area contributed by atoms with Gasteiger partial charge in [-0.05, 0) is 50.0 Å². The van der Waals surface area contributed by atoms with Gasteiger partial charge in [0.25, 0.3) is 5.91 Å². The first kappa shape index (κ1) is 19.9. The molecule has 2 amide bonds. The van der Waals surface area contributed by atoms with Gasteiger partial charge in [0.2, 0.25) is 5.91 Å². The molecule has 0 unspecified atom stereocenters. The molecule has 0 saturated carbocycles. The first-order valence-corrected chi connectivity index (χ1v) is 8.88. The van der Waals surface area contributed by atoms with Gasteiger partial charge in [0.1, 0.15) is 0 Å². The Morgan fingerprint density at radius 1 is 1.12 bits per heavy atom. The Morgan fingerprint density at radius 2 is 1.81 bits per heavy atom. The zero-order valence-electron chi connectivity index (χ0n) is 15.3. The second-order valence-corrected chi connectivity index (χ2v) is 6.66. The molecule has 6 heteroatoms. The van der Waals surface area contributed by atoms with Crippen molar-refractivity contribution in [2.75, 3.05) is 26.0 Å². The van der Waals surface area contributed by atoms with Gasteiger partial charge in [-0.3, -0.25) is 9.59 Å². The highest BCUT2D eigenvalue weighted by atomic mass is 35.5. The highest BCUT2D eigenvalue weighted by Gasteiger charge is 2.16. The number of amides is 2. The van der Waals surface area contributed by atoms with Crippen LogP contribution in [0.1, 0.15) is 35.3 Å². The normalized spacial score (nSPS) is 11.9. The molecule has 1 atom stereocenters. The van der Waals surface area contributed by atoms with Crippen LogP contribution in [-0.4, -0.2) is 37.4 Å². The van der Waals surface area contributed by atoms with Crippen LogP contribution in [0.5, 0.6) is 0 Å². The van der Waals surface area contributed by atoms with Crippen LogP contribution in [0.25, 0.3) is 0 Å². The smallest absolute Gasteiger partial charge is 0.251 e. The van der Waals surface area contributed by atoms with E-state index in [0.717, 1.165) is 5.56 Å². The van der Waals surface area contributed by atoms with Gasteiger partial charge in [0, 0.05) is 29.2 Å². The summed E-state index contributed by atoms with van der Waals surface area (Å²) in [5.74, 6) is -0.267. The third kappa shape index (κ3) is 5.58. The van der Waals surface area contributed by atoms with Gasteiger partial charge in [-0.1, -0.05) is 36.7 Å². The molecule has 26 heavy (non-hydrogen) atoms. The monoisotopic (exact) mass is 373 g/mol. The minimum absolute atomic E-state index is 0.0270.